The van der Waals surface area contributed by atoms with Crippen molar-refractivity contribution in [2.75, 3.05) is 5.32 Å². The summed E-state index contributed by atoms with van der Waals surface area (Å²) in [5.41, 5.74) is 4.03. The number of fused-ring (bicyclic) bond motifs is 1. The normalized spacial score (nSPS) is 17.8. The van der Waals surface area contributed by atoms with Crippen LogP contribution < -0.4 is 5.32 Å². The van der Waals surface area contributed by atoms with Crippen molar-refractivity contribution in [2.24, 2.45) is 0 Å². The molecule has 0 fully saturated rings. The number of benzene rings is 2. The van der Waals surface area contributed by atoms with Gasteiger partial charge in [-0.3, -0.25) is 0 Å². The quantitative estimate of drug-likeness (QED) is 0.755. The lowest BCUT2D eigenvalue weighted by atomic mass is 10.1. The molecule has 0 saturated heterocycles. The van der Waals surface area contributed by atoms with E-state index in [-0.39, 0.29) is 0 Å². The van der Waals surface area contributed by atoms with Crippen LogP contribution in [0.25, 0.3) is 0 Å². The van der Waals surface area contributed by atoms with Crippen LogP contribution in [0, 0.1) is 0 Å². The van der Waals surface area contributed by atoms with Crippen molar-refractivity contribution in [3.8, 4) is 0 Å². The molecule has 86 valence electrons. The molecule has 1 nitrogen and oxygen atoms in total. The number of rotatable bonds is 2. The molecular formula is C15H15NS. The Morgan fingerprint density at radius 1 is 1.00 bits per heavy atom. The highest BCUT2D eigenvalue weighted by Gasteiger charge is 2.21. The van der Waals surface area contributed by atoms with Crippen LogP contribution in [0.2, 0.25) is 0 Å². The fourth-order valence-electron chi connectivity index (χ4n) is 2.49. The first-order chi connectivity index (χ1) is 8.34. The molecule has 2 heteroatoms. The van der Waals surface area contributed by atoms with Crippen molar-refractivity contribution in [3.63, 3.8) is 0 Å². The van der Waals surface area contributed by atoms with Gasteiger partial charge in [-0.1, -0.05) is 36.4 Å². The monoisotopic (exact) mass is 241 g/mol. The van der Waals surface area contributed by atoms with Crippen LogP contribution in [0.5, 0.6) is 0 Å². The van der Waals surface area contributed by atoms with Crippen molar-refractivity contribution in [3.05, 3.63) is 59.7 Å². The van der Waals surface area contributed by atoms with Crippen LogP contribution in [0.15, 0.2) is 53.4 Å². The molecule has 17 heavy (non-hydrogen) atoms. The van der Waals surface area contributed by atoms with Gasteiger partial charge in [0, 0.05) is 10.6 Å². The standard InChI is InChI=1S/C15H15NS/c17-15-8-4-3-7-14(15)16-13-10-9-11-5-1-2-6-12(11)13/h1-8,13,16-17H,9-10H2. The van der Waals surface area contributed by atoms with Crippen molar-refractivity contribution < 1.29 is 0 Å². The van der Waals surface area contributed by atoms with Gasteiger partial charge in [-0.2, -0.15) is 0 Å². The van der Waals surface area contributed by atoms with E-state index >= 15 is 0 Å². The molecule has 1 aliphatic carbocycles. The first-order valence-corrected chi connectivity index (χ1v) is 6.41. The Bertz CT molecular complexity index is 536. The van der Waals surface area contributed by atoms with Gasteiger partial charge in [0.15, 0.2) is 0 Å². The molecular weight excluding hydrogens is 226 g/mol. The summed E-state index contributed by atoms with van der Waals surface area (Å²) in [7, 11) is 0. The summed E-state index contributed by atoms with van der Waals surface area (Å²) < 4.78 is 0. The molecule has 2 aromatic carbocycles. The van der Waals surface area contributed by atoms with E-state index in [0.717, 1.165) is 10.6 Å². The maximum atomic E-state index is 4.48. The van der Waals surface area contributed by atoms with Gasteiger partial charge in [0.1, 0.15) is 0 Å². The Labute approximate surface area is 107 Å². The second kappa shape index (κ2) is 4.46. The Morgan fingerprint density at radius 3 is 2.65 bits per heavy atom. The third-order valence-corrected chi connectivity index (χ3v) is 3.76. The molecule has 1 N–H and O–H groups in total. The van der Waals surface area contributed by atoms with Crippen LogP contribution >= 0.6 is 12.6 Å². The van der Waals surface area contributed by atoms with Gasteiger partial charge in [0.2, 0.25) is 0 Å². The van der Waals surface area contributed by atoms with Gasteiger partial charge in [-0.15, -0.1) is 12.6 Å². The molecule has 1 unspecified atom stereocenters. The average molecular weight is 241 g/mol. The van der Waals surface area contributed by atoms with Crippen LogP contribution in [-0.4, -0.2) is 0 Å². The Hall–Kier alpha value is -1.41. The van der Waals surface area contributed by atoms with Gasteiger partial charge < -0.3 is 5.32 Å². The molecule has 0 aromatic heterocycles. The topological polar surface area (TPSA) is 12.0 Å². The summed E-state index contributed by atoms with van der Waals surface area (Å²) in [5, 5.41) is 3.59. The van der Waals surface area contributed by atoms with E-state index in [1.165, 1.54) is 24.0 Å². The van der Waals surface area contributed by atoms with E-state index in [1.54, 1.807) is 0 Å². The van der Waals surface area contributed by atoms with Crippen molar-refractivity contribution >= 4 is 18.3 Å². The first-order valence-electron chi connectivity index (χ1n) is 5.97. The molecule has 2 aromatic rings. The Balaban J connectivity index is 1.87. The Morgan fingerprint density at radius 2 is 1.76 bits per heavy atom. The molecule has 0 spiro atoms. The minimum absolute atomic E-state index is 0.430. The number of aryl methyl sites for hydroxylation is 1. The van der Waals surface area contributed by atoms with Crippen LogP contribution in [-0.2, 0) is 6.42 Å². The lowest BCUT2D eigenvalue weighted by molar-refractivity contribution is 0.759. The molecule has 0 radical (unpaired) electrons. The third kappa shape index (κ3) is 2.05. The van der Waals surface area contributed by atoms with Crippen LogP contribution in [0.3, 0.4) is 0 Å². The molecule has 1 aliphatic rings. The lowest BCUT2D eigenvalue weighted by Crippen LogP contribution is -2.07. The minimum atomic E-state index is 0.430. The highest BCUT2D eigenvalue weighted by molar-refractivity contribution is 7.80. The highest BCUT2D eigenvalue weighted by Crippen LogP contribution is 2.34. The fraction of sp³-hybridized carbons (Fsp3) is 0.200. The Kier molecular flexibility index (Phi) is 2.81. The van der Waals surface area contributed by atoms with Gasteiger partial charge in [0.25, 0.3) is 0 Å². The highest BCUT2D eigenvalue weighted by atomic mass is 32.1. The smallest absolute Gasteiger partial charge is 0.0520 e. The van der Waals surface area contributed by atoms with Crippen molar-refractivity contribution in [2.45, 2.75) is 23.8 Å². The zero-order valence-electron chi connectivity index (χ0n) is 9.56. The number of hydrogen-bond acceptors (Lipinski definition) is 2. The predicted octanol–water partition coefficient (Wildman–Crippen LogP) is 4.07. The maximum Gasteiger partial charge on any atom is 0.0520 e. The molecule has 3 rings (SSSR count). The maximum absolute atomic E-state index is 4.48. The summed E-state index contributed by atoms with van der Waals surface area (Å²) in [4.78, 5) is 1.01. The summed E-state index contributed by atoms with van der Waals surface area (Å²) in [5.74, 6) is 0. The third-order valence-electron chi connectivity index (χ3n) is 3.37. The minimum Gasteiger partial charge on any atom is -0.377 e. The molecule has 0 heterocycles. The SMILES string of the molecule is Sc1ccccc1NC1CCc2ccccc21. The number of nitrogens with one attached hydrogen (secondary N) is 1. The molecule has 0 saturated carbocycles. The van der Waals surface area contributed by atoms with E-state index in [9.17, 15) is 0 Å². The van der Waals surface area contributed by atoms with Crippen molar-refractivity contribution in [1.82, 2.24) is 0 Å². The van der Waals surface area contributed by atoms with E-state index in [0.29, 0.717) is 6.04 Å². The summed E-state index contributed by atoms with van der Waals surface area (Å²) in [6, 6.07) is 17.3. The molecule has 0 amide bonds. The van der Waals surface area contributed by atoms with Crippen molar-refractivity contribution in [1.29, 1.82) is 0 Å². The van der Waals surface area contributed by atoms with Crippen LogP contribution in [0.1, 0.15) is 23.6 Å². The number of para-hydroxylation sites is 1. The average Bonchev–Trinajstić information content (AvgIpc) is 2.76. The zero-order valence-corrected chi connectivity index (χ0v) is 10.5. The second-order valence-corrected chi connectivity index (χ2v) is 4.93. The fourth-order valence-corrected chi connectivity index (χ4v) is 2.72. The van der Waals surface area contributed by atoms with Gasteiger partial charge >= 0.3 is 0 Å². The number of hydrogen-bond donors (Lipinski definition) is 2. The van der Waals surface area contributed by atoms with Gasteiger partial charge in [-0.05, 0) is 36.1 Å². The molecule has 1 atom stereocenters. The molecule has 0 bridgehead atoms. The number of thiol groups is 1. The van der Waals surface area contributed by atoms with Crippen LogP contribution in [0.4, 0.5) is 5.69 Å². The van der Waals surface area contributed by atoms with E-state index in [2.05, 4.69) is 48.3 Å². The van der Waals surface area contributed by atoms with Gasteiger partial charge in [-0.25, -0.2) is 0 Å². The van der Waals surface area contributed by atoms with Gasteiger partial charge in [0.05, 0.1) is 6.04 Å². The lowest BCUT2D eigenvalue weighted by Gasteiger charge is -2.16. The van der Waals surface area contributed by atoms with E-state index in [1.807, 2.05) is 18.2 Å². The summed E-state index contributed by atoms with van der Waals surface area (Å²) in [6.07, 6.45) is 2.34. The largest absolute Gasteiger partial charge is 0.377 e. The summed E-state index contributed by atoms with van der Waals surface area (Å²) >= 11 is 4.48. The first kappa shape index (κ1) is 10.7. The zero-order chi connectivity index (χ0) is 11.7. The summed E-state index contributed by atoms with van der Waals surface area (Å²) in [6.45, 7) is 0. The predicted molar refractivity (Wildman–Crippen MR) is 74.8 cm³/mol. The molecule has 0 aliphatic heterocycles. The van der Waals surface area contributed by atoms with E-state index < -0.39 is 0 Å². The second-order valence-electron chi connectivity index (χ2n) is 4.45. The number of anilines is 1. The van der Waals surface area contributed by atoms with E-state index in [4.69, 9.17) is 0 Å².